The largest absolute Gasteiger partial charge is 0.481 e. The van der Waals surface area contributed by atoms with Gasteiger partial charge in [-0.1, -0.05) is 122 Å². The second-order valence-corrected chi connectivity index (χ2v) is 11.8. The van der Waals surface area contributed by atoms with Gasteiger partial charge in [-0.15, -0.1) is 0 Å². The molecular weight excluding hydrogens is 544 g/mol. The average Bonchev–Trinajstić information content (AvgIpc) is 3.02. The van der Waals surface area contributed by atoms with Crippen LogP contribution in [-0.4, -0.2) is 105 Å². The van der Waals surface area contributed by atoms with Crippen LogP contribution >= 0.6 is 0 Å². The molecule has 9 N–H and O–H groups in total. The third kappa shape index (κ3) is 29.2. The van der Waals surface area contributed by atoms with Gasteiger partial charge in [0.1, 0.15) is 0 Å². The number of carboxylic acid groups (broad SMARTS) is 1. The van der Waals surface area contributed by atoms with Crippen molar-refractivity contribution in [3.05, 3.63) is 0 Å². The van der Waals surface area contributed by atoms with E-state index in [2.05, 4.69) is 6.92 Å². The van der Waals surface area contributed by atoms with Crippen molar-refractivity contribution in [3.8, 4) is 0 Å². The van der Waals surface area contributed by atoms with Gasteiger partial charge in [-0.05, 0) is 6.42 Å². The fourth-order valence-electron chi connectivity index (χ4n) is 3.95. The van der Waals surface area contributed by atoms with E-state index < -0.39 is 69.7 Å². The van der Waals surface area contributed by atoms with E-state index in [0.29, 0.717) is 6.42 Å². The molecule has 0 rings (SSSR count). The van der Waals surface area contributed by atoms with Crippen LogP contribution in [0.3, 0.4) is 0 Å². The van der Waals surface area contributed by atoms with Gasteiger partial charge in [-0.3, -0.25) is 4.79 Å². The number of hydrogen-bond acceptors (Lipinski definition) is 9. The number of aliphatic carboxylic acids is 1. The quantitative estimate of drug-likeness (QED) is 0.0586. The summed E-state index contributed by atoms with van der Waals surface area (Å²) in [5.41, 5.74) is -2.22. The highest BCUT2D eigenvalue weighted by Gasteiger charge is 2.27. The molecule has 0 heterocycles. The molecule has 10 heteroatoms. The van der Waals surface area contributed by atoms with Crippen molar-refractivity contribution in [1.82, 2.24) is 0 Å². The minimum Gasteiger partial charge on any atom is -0.481 e. The first-order chi connectivity index (χ1) is 20.3. The van der Waals surface area contributed by atoms with Crippen LogP contribution in [0.1, 0.15) is 135 Å². The van der Waals surface area contributed by atoms with Gasteiger partial charge in [-0.2, -0.15) is 0 Å². The number of aliphatic hydroxyl groups is 8. The molecule has 0 atom stereocenters. The van der Waals surface area contributed by atoms with E-state index in [-0.39, 0.29) is 0 Å². The first kappa shape index (κ1) is 45.6. The molecular formula is C32H68O10. The maximum absolute atomic E-state index is 10.4. The predicted octanol–water partition coefficient (Wildman–Crippen LogP) is 3.78. The maximum Gasteiger partial charge on any atom is 0.303 e. The lowest BCUT2D eigenvalue weighted by Gasteiger charge is -2.23. The van der Waals surface area contributed by atoms with Crippen molar-refractivity contribution >= 4 is 5.97 Å². The molecule has 0 aliphatic heterocycles. The van der Waals surface area contributed by atoms with Crippen LogP contribution in [0, 0.1) is 10.8 Å². The van der Waals surface area contributed by atoms with Crippen LogP contribution in [0.15, 0.2) is 0 Å². The van der Waals surface area contributed by atoms with Gasteiger partial charge in [0.15, 0.2) is 0 Å². The summed E-state index contributed by atoms with van der Waals surface area (Å²) < 4.78 is 0. The Morgan fingerprint density at radius 1 is 0.381 bits per heavy atom. The lowest BCUT2D eigenvalue weighted by atomic mass is 9.93. The van der Waals surface area contributed by atoms with E-state index >= 15 is 0 Å². The van der Waals surface area contributed by atoms with Crippen molar-refractivity contribution in [1.29, 1.82) is 0 Å². The highest BCUT2D eigenvalue weighted by Crippen LogP contribution is 2.15. The Balaban J connectivity index is -0.000000687. The Bertz CT molecular complexity index is 470. The normalized spacial score (nSPS) is 11.5. The summed E-state index contributed by atoms with van der Waals surface area (Å²) in [7, 11) is 0. The zero-order chi connectivity index (χ0) is 32.4. The molecule has 0 aliphatic rings. The fourth-order valence-corrected chi connectivity index (χ4v) is 3.95. The van der Waals surface area contributed by atoms with Crippen molar-refractivity contribution in [2.45, 2.75) is 135 Å². The number of hydrogen-bond donors (Lipinski definition) is 9. The van der Waals surface area contributed by atoms with Gasteiger partial charge in [0.25, 0.3) is 0 Å². The van der Waals surface area contributed by atoms with E-state index in [9.17, 15) is 4.79 Å². The van der Waals surface area contributed by atoms with Crippen molar-refractivity contribution in [2.75, 3.05) is 52.9 Å². The van der Waals surface area contributed by atoms with Crippen LogP contribution in [0.5, 0.6) is 0 Å². The standard InChI is InChI=1S/C22H44O2.2C5H12O4/c1-2-3-4-5-6-7-8-9-10-11-12-13-14-15-16-17-18-19-20-21-22(23)24;2*6-1-5(2-7,3-8)4-9/h2-21H2,1H3,(H,23,24);2*6-9H,1-4H2. The number of unbranched alkanes of at least 4 members (excludes halogenated alkanes) is 18. The van der Waals surface area contributed by atoms with Crippen LogP contribution in [0.2, 0.25) is 0 Å². The molecule has 0 saturated carbocycles. The molecule has 0 spiro atoms. The zero-order valence-corrected chi connectivity index (χ0v) is 26.7. The van der Waals surface area contributed by atoms with Crippen molar-refractivity contribution in [2.24, 2.45) is 10.8 Å². The Morgan fingerprint density at radius 2 is 0.571 bits per heavy atom. The summed E-state index contributed by atoms with van der Waals surface area (Å²) in [6.07, 6.45) is 26.1. The SMILES string of the molecule is CCCCCCCCCCCCCCCCCCCCCC(=O)O.OCC(CO)(CO)CO.OCC(CO)(CO)CO. The van der Waals surface area contributed by atoms with Crippen LogP contribution in [0.4, 0.5) is 0 Å². The topological polar surface area (TPSA) is 199 Å². The van der Waals surface area contributed by atoms with Crippen molar-refractivity contribution in [3.63, 3.8) is 0 Å². The van der Waals surface area contributed by atoms with Crippen molar-refractivity contribution < 1.29 is 50.8 Å². The van der Waals surface area contributed by atoms with E-state index in [4.69, 9.17) is 46.0 Å². The third-order valence-corrected chi connectivity index (χ3v) is 7.68. The lowest BCUT2D eigenvalue weighted by Crippen LogP contribution is -2.37. The third-order valence-electron chi connectivity index (χ3n) is 7.68. The fraction of sp³-hybridized carbons (Fsp3) is 0.969. The second-order valence-electron chi connectivity index (χ2n) is 11.8. The Morgan fingerprint density at radius 3 is 0.714 bits per heavy atom. The molecule has 256 valence electrons. The van der Waals surface area contributed by atoms with Gasteiger partial charge in [0, 0.05) is 6.42 Å². The van der Waals surface area contributed by atoms with Crippen LogP contribution in [0.25, 0.3) is 0 Å². The molecule has 0 amide bonds. The molecule has 0 radical (unpaired) electrons. The number of carboxylic acids is 1. The average molecular weight is 613 g/mol. The van der Waals surface area contributed by atoms with E-state index in [1.54, 1.807) is 0 Å². The smallest absolute Gasteiger partial charge is 0.303 e. The Kier molecular flexibility index (Phi) is 37.6. The minimum absolute atomic E-state index is 0.346. The van der Waals surface area contributed by atoms with E-state index in [0.717, 1.165) is 12.8 Å². The predicted molar refractivity (Wildman–Crippen MR) is 167 cm³/mol. The lowest BCUT2D eigenvalue weighted by molar-refractivity contribution is -0.137. The number of aliphatic hydroxyl groups excluding tert-OH is 8. The maximum atomic E-state index is 10.4. The summed E-state index contributed by atoms with van der Waals surface area (Å²) in [5, 5.41) is 76.5. The molecule has 0 aromatic rings. The highest BCUT2D eigenvalue weighted by atomic mass is 16.4. The van der Waals surface area contributed by atoms with Gasteiger partial charge < -0.3 is 46.0 Å². The van der Waals surface area contributed by atoms with Crippen LogP contribution in [-0.2, 0) is 4.79 Å². The summed E-state index contributed by atoms with van der Waals surface area (Å²) in [6.45, 7) is -0.967. The molecule has 10 nitrogen and oxygen atoms in total. The molecule has 0 fully saturated rings. The Labute approximate surface area is 255 Å². The van der Waals surface area contributed by atoms with Crippen LogP contribution < -0.4 is 0 Å². The van der Waals surface area contributed by atoms with Gasteiger partial charge in [0.2, 0.25) is 0 Å². The van der Waals surface area contributed by atoms with Gasteiger partial charge >= 0.3 is 5.97 Å². The van der Waals surface area contributed by atoms with E-state index in [1.165, 1.54) is 109 Å². The van der Waals surface area contributed by atoms with Gasteiger partial charge in [-0.25, -0.2) is 0 Å². The molecule has 0 aromatic carbocycles. The molecule has 0 bridgehead atoms. The zero-order valence-electron chi connectivity index (χ0n) is 26.7. The second kappa shape index (κ2) is 34.6. The summed E-state index contributed by atoms with van der Waals surface area (Å²) >= 11 is 0. The number of rotatable bonds is 28. The monoisotopic (exact) mass is 612 g/mol. The summed E-state index contributed by atoms with van der Waals surface area (Å²) in [6, 6.07) is 0. The Hall–Kier alpha value is -0.850. The first-order valence-corrected chi connectivity index (χ1v) is 16.3. The summed E-state index contributed by atoms with van der Waals surface area (Å²) in [4.78, 5) is 10.4. The number of carbonyl (C=O) groups is 1. The first-order valence-electron chi connectivity index (χ1n) is 16.3. The molecule has 0 unspecified atom stereocenters. The molecule has 0 aromatic heterocycles. The molecule has 0 saturated heterocycles. The van der Waals surface area contributed by atoms with Gasteiger partial charge in [0.05, 0.1) is 63.7 Å². The molecule has 42 heavy (non-hydrogen) atoms. The summed E-state index contributed by atoms with van der Waals surface area (Å²) in [5.74, 6) is -0.651. The van der Waals surface area contributed by atoms with E-state index in [1.807, 2.05) is 0 Å². The highest BCUT2D eigenvalue weighted by molar-refractivity contribution is 5.66. The molecule has 0 aliphatic carbocycles. The minimum atomic E-state index is -1.11.